The molecule has 0 fully saturated rings. The van der Waals surface area contributed by atoms with E-state index in [1.54, 1.807) is 6.21 Å². The van der Waals surface area contributed by atoms with Crippen LogP contribution in [0.4, 0.5) is 5.82 Å². The summed E-state index contributed by atoms with van der Waals surface area (Å²) in [6.07, 6.45) is 9.70. The third-order valence-electron chi connectivity index (χ3n) is 2.58. The van der Waals surface area contributed by atoms with Gasteiger partial charge in [0.25, 0.3) is 0 Å². The van der Waals surface area contributed by atoms with Crippen molar-refractivity contribution in [3.63, 3.8) is 0 Å². The number of hydrogen-bond donors (Lipinski definition) is 2. The van der Waals surface area contributed by atoms with Crippen molar-refractivity contribution in [1.82, 2.24) is 4.98 Å². The number of H-pyrrole nitrogens is 1. The SMILES string of the molecule is C1=CC=N[NH+](c2cc3ccccc3[nH]2)C=C1. The van der Waals surface area contributed by atoms with Crippen LogP contribution >= 0.6 is 0 Å². The molecule has 0 bridgehead atoms. The smallest absolute Gasteiger partial charge is 0.236 e. The van der Waals surface area contributed by atoms with Crippen molar-refractivity contribution in [1.29, 1.82) is 0 Å². The molecular formula is C13H12N3+. The predicted octanol–water partition coefficient (Wildman–Crippen LogP) is 1.75. The van der Waals surface area contributed by atoms with Crippen LogP contribution in [0, 0.1) is 0 Å². The summed E-state index contributed by atoms with van der Waals surface area (Å²) >= 11 is 0. The van der Waals surface area contributed by atoms with E-state index in [0.29, 0.717) is 0 Å². The number of nitrogens with zero attached hydrogens (tertiary/aromatic N) is 1. The molecule has 3 rings (SSSR count). The number of hydrogen-bond acceptors (Lipinski definition) is 1. The Hall–Kier alpha value is -2.13. The highest BCUT2D eigenvalue weighted by Gasteiger charge is 2.11. The molecule has 1 aromatic heterocycles. The Bertz CT molecular complexity index is 541. The van der Waals surface area contributed by atoms with Crippen LogP contribution in [0.15, 0.2) is 59.9 Å². The van der Waals surface area contributed by atoms with Gasteiger partial charge in [0.05, 0.1) is 11.7 Å². The molecule has 1 atom stereocenters. The Kier molecular flexibility index (Phi) is 2.16. The molecule has 0 aliphatic carbocycles. The Labute approximate surface area is 93.4 Å². The molecular weight excluding hydrogens is 198 g/mol. The Balaban J connectivity index is 2.05. The van der Waals surface area contributed by atoms with E-state index >= 15 is 0 Å². The lowest BCUT2D eigenvalue weighted by atomic mass is 10.2. The zero-order chi connectivity index (χ0) is 10.8. The van der Waals surface area contributed by atoms with Crippen molar-refractivity contribution in [2.45, 2.75) is 0 Å². The van der Waals surface area contributed by atoms with Gasteiger partial charge in [-0.1, -0.05) is 29.4 Å². The maximum Gasteiger partial charge on any atom is 0.236 e. The van der Waals surface area contributed by atoms with Crippen LogP contribution in [0.2, 0.25) is 0 Å². The fraction of sp³-hybridized carbons (Fsp3) is 0. The average Bonchev–Trinajstić information content (AvgIpc) is 2.56. The van der Waals surface area contributed by atoms with Gasteiger partial charge in [0.1, 0.15) is 6.20 Å². The first kappa shape index (κ1) is 9.12. The van der Waals surface area contributed by atoms with Crippen molar-refractivity contribution in [2.75, 3.05) is 0 Å². The van der Waals surface area contributed by atoms with Crippen LogP contribution in [0.3, 0.4) is 0 Å². The molecule has 3 nitrogen and oxygen atoms in total. The highest BCUT2D eigenvalue weighted by atomic mass is 15.5. The summed E-state index contributed by atoms with van der Waals surface area (Å²) in [6.45, 7) is 0. The number of allylic oxidation sites excluding steroid dienone is 3. The van der Waals surface area contributed by atoms with Crippen LogP contribution in [0.25, 0.3) is 10.9 Å². The zero-order valence-corrected chi connectivity index (χ0v) is 8.72. The maximum atomic E-state index is 4.38. The zero-order valence-electron chi connectivity index (χ0n) is 8.72. The summed E-state index contributed by atoms with van der Waals surface area (Å²) in [5.41, 5.74) is 1.14. The minimum absolute atomic E-state index is 0.959. The number of aromatic amines is 1. The van der Waals surface area contributed by atoms with E-state index in [4.69, 9.17) is 0 Å². The number of nitrogens with one attached hydrogen (secondary N) is 2. The molecule has 1 unspecified atom stereocenters. The third kappa shape index (κ3) is 1.57. The molecule has 0 radical (unpaired) electrons. The first-order valence-electron chi connectivity index (χ1n) is 5.26. The second-order valence-corrected chi connectivity index (χ2v) is 3.68. The van der Waals surface area contributed by atoms with E-state index in [-0.39, 0.29) is 0 Å². The van der Waals surface area contributed by atoms with Crippen LogP contribution in [0.1, 0.15) is 0 Å². The lowest BCUT2D eigenvalue weighted by Crippen LogP contribution is -2.97. The Morgan fingerprint density at radius 2 is 2.00 bits per heavy atom. The second kappa shape index (κ2) is 3.79. The molecule has 0 amide bonds. The van der Waals surface area contributed by atoms with Crippen LogP contribution in [0.5, 0.6) is 0 Å². The molecule has 0 spiro atoms. The van der Waals surface area contributed by atoms with Crippen molar-refractivity contribution in [3.05, 3.63) is 54.8 Å². The van der Waals surface area contributed by atoms with Gasteiger partial charge in [0.15, 0.2) is 0 Å². The largest absolute Gasteiger partial charge is 0.308 e. The molecule has 0 saturated carbocycles. The molecule has 1 aromatic carbocycles. The lowest BCUT2D eigenvalue weighted by Gasteiger charge is -2.01. The van der Waals surface area contributed by atoms with Gasteiger partial charge in [-0.25, -0.2) is 0 Å². The summed E-state index contributed by atoms with van der Waals surface area (Å²) in [5.74, 6) is 1.05. The van der Waals surface area contributed by atoms with Gasteiger partial charge in [-0.3, -0.25) is 0 Å². The van der Waals surface area contributed by atoms with Crippen LogP contribution < -0.4 is 5.01 Å². The van der Waals surface area contributed by atoms with Gasteiger partial charge in [-0.2, -0.15) is 0 Å². The standard InChI is InChI=1S/C13H11N3/c1-4-8-14-16(9-5-1)13-10-11-6-2-3-7-12(11)15-13/h1-10,15H/p+1. The number of para-hydroxylation sites is 1. The van der Waals surface area contributed by atoms with Crippen molar-refractivity contribution >= 4 is 22.9 Å². The van der Waals surface area contributed by atoms with Gasteiger partial charge in [0.2, 0.25) is 5.82 Å². The third-order valence-corrected chi connectivity index (χ3v) is 2.58. The number of quaternary nitrogens is 1. The van der Waals surface area contributed by atoms with Gasteiger partial charge in [-0.15, -0.1) is 5.01 Å². The predicted molar refractivity (Wildman–Crippen MR) is 65.7 cm³/mol. The van der Waals surface area contributed by atoms with Gasteiger partial charge >= 0.3 is 0 Å². The van der Waals surface area contributed by atoms with E-state index in [9.17, 15) is 0 Å². The van der Waals surface area contributed by atoms with E-state index in [0.717, 1.165) is 16.3 Å². The highest BCUT2D eigenvalue weighted by Crippen LogP contribution is 2.15. The highest BCUT2D eigenvalue weighted by molar-refractivity contribution is 5.82. The van der Waals surface area contributed by atoms with Crippen molar-refractivity contribution in [3.8, 4) is 0 Å². The molecule has 2 aromatic rings. The maximum absolute atomic E-state index is 4.38. The number of fused-ring (bicyclic) bond motifs is 1. The topological polar surface area (TPSA) is 32.6 Å². The minimum atomic E-state index is 0.959. The molecule has 2 N–H and O–H groups in total. The molecule has 16 heavy (non-hydrogen) atoms. The quantitative estimate of drug-likeness (QED) is 0.719. The first-order chi connectivity index (χ1) is 7.93. The summed E-state index contributed by atoms with van der Waals surface area (Å²) in [7, 11) is 0. The molecule has 78 valence electrons. The summed E-state index contributed by atoms with van der Waals surface area (Å²) in [6, 6.07) is 10.4. The second-order valence-electron chi connectivity index (χ2n) is 3.68. The summed E-state index contributed by atoms with van der Waals surface area (Å²) in [4.78, 5) is 3.36. The normalized spacial score (nSPS) is 19.1. The average molecular weight is 210 g/mol. The fourth-order valence-corrected chi connectivity index (χ4v) is 1.80. The van der Waals surface area contributed by atoms with Gasteiger partial charge in [-0.05, 0) is 18.2 Å². The molecule has 3 heteroatoms. The Morgan fingerprint density at radius 1 is 1.06 bits per heavy atom. The van der Waals surface area contributed by atoms with Crippen LogP contribution in [-0.2, 0) is 0 Å². The lowest BCUT2D eigenvalue weighted by molar-refractivity contribution is -0.784. The van der Waals surface area contributed by atoms with Gasteiger partial charge < -0.3 is 4.98 Å². The van der Waals surface area contributed by atoms with E-state index in [1.807, 2.05) is 36.6 Å². The number of aromatic nitrogens is 1. The molecule has 1 aliphatic rings. The summed E-state index contributed by atoms with van der Waals surface area (Å²) < 4.78 is 0. The van der Waals surface area contributed by atoms with Crippen LogP contribution in [-0.4, -0.2) is 11.2 Å². The molecule has 1 aliphatic heterocycles. The molecule has 0 saturated heterocycles. The monoisotopic (exact) mass is 210 g/mol. The summed E-state index contributed by atoms with van der Waals surface area (Å²) in [5, 5.41) is 6.55. The van der Waals surface area contributed by atoms with Gasteiger partial charge in [0, 0.05) is 11.5 Å². The van der Waals surface area contributed by atoms with E-state index < -0.39 is 0 Å². The Morgan fingerprint density at radius 3 is 2.94 bits per heavy atom. The van der Waals surface area contributed by atoms with E-state index in [1.165, 1.54) is 5.39 Å². The van der Waals surface area contributed by atoms with Crippen molar-refractivity contribution in [2.24, 2.45) is 5.10 Å². The number of benzene rings is 1. The fourth-order valence-electron chi connectivity index (χ4n) is 1.80. The van der Waals surface area contributed by atoms with Crippen molar-refractivity contribution < 1.29 is 5.01 Å². The minimum Gasteiger partial charge on any atom is -0.308 e. The molecule has 2 heterocycles. The van der Waals surface area contributed by atoms with E-state index in [2.05, 4.69) is 28.3 Å². The number of rotatable bonds is 1. The first-order valence-corrected chi connectivity index (χ1v) is 5.26.